The molecule has 0 radical (unpaired) electrons. The first-order chi connectivity index (χ1) is 12.9. The number of rotatable bonds is 5. The van der Waals surface area contributed by atoms with Crippen molar-refractivity contribution in [2.45, 2.75) is 26.9 Å². The van der Waals surface area contributed by atoms with E-state index in [1.807, 2.05) is 32.0 Å². The van der Waals surface area contributed by atoms with Crippen LogP contribution in [0.2, 0.25) is 0 Å². The Bertz CT molecular complexity index is 1050. The molecule has 0 bridgehead atoms. The summed E-state index contributed by atoms with van der Waals surface area (Å²) < 4.78 is 21.5. The third kappa shape index (κ3) is 3.95. The predicted octanol–water partition coefficient (Wildman–Crippen LogP) is 4.14. The van der Waals surface area contributed by atoms with E-state index in [1.165, 1.54) is 13.4 Å². The lowest BCUT2D eigenvalue weighted by atomic mass is 10.1. The van der Waals surface area contributed by atoms with E-state index in [0.29, 0.717) is 22.5 Å². The van der Waals surface area contributed by atoms with Crippen LogP contribution in [0.5, 0.6) is 17.2 Å². The van der Waals surface area contributed by atoms with Crippen LogP contribution in [0.4, 0.5) is 0 Å². The summed E-state index contributed by atoms with van der Waals surface area (Å²) >= 11 is 0. The molecule has 6 heteroatoms. The zero-order chi connectivity index (χ0) is 19.6. The quantitative estimate of drug-likeness (QED) is 0.630. The molecule has 3 rings (SSSR count). The van der Waals surface area contributed by atoms with E-state index in [9.17, 15) is 9.59 Å². The van der Waals surface area contributed by atoms with Crippen molar-refractivity contribution < 1.29 is 23.4 Å². The second kappa shape index (κ2) is 7.53. The molecule has 1 atom stereocenters. The van der Waals surface area contributed by atoms with Crippen molar-refractivity contribution in [3.8, 4) is 17.2 Å². The number of carbonyl (C=O) groups is 1. The fraction of sp³-hybridized carbons (Fsp3) is 0.238. The topological polar surface area (TPSA) is 75.0 Å². The molecule has 0 unspecified atom stereocenters. The van der Waals surface area contributed by atoms with E-state index >= 15 is 0 Å². The minimum absolute atomic E-state index is 0.104. The summed E-state index contributed by atoms with van der Waals surface area (Å²) in [5.41, 5.74) is 2.00. The molecule has 6 nitrogen and oxygen atoms in total. The highest BCUT2D eigenvalue weighted by molar-refractivity contribution is 5.79. The fourth-order valence-corrected chi connectivity index (χ4v) is 2.59. The highest BCUT2D eigenvalue weighted by atomic mass is 16.6. The Kier molecular flexibility index (Phi) is 5.16. The van der Waals surface area contributed by atoms with Crippen molar-refractivity contribution in [2.24, 2.45) is 0 Å². The van der Waals surface area contributed by atoms with Crippen LogP contribution in [0.15, 0.2) is 51.9 Å². The van der Waals surface area contributed by atoms with Gasteiger partial charge < -0.3 is 18.6 Å². The molecule has 3 aromatic rings. The molecule has 0 fully saturated rings. The van der Waals surface area contributed by atoms with Gasteiger partial charge in [0.25, 0.3) is 0 Å². The summed E-state index contributed by atoms with van der Waals surface area (Å²) in [6.07, 6.45) is 0.506. The van der Waals surface area contributed by atoms with Crippen molar-refractivity contribution in [2.75, 3.05) is 7.11 Å². The predicted molar refractivity (Wildman–Crippen MR) is 101 cm³/mol. The van der Waals surface area contributed by atoms with Gasteiger partial charge >= 0.3 is 5.97 Å². The molecular weight excluding hydrogens is 348 g/mol. The monoisotopic (exact) mass is 368 g/mol. The first-order valence-corrected chi connectivity index (χ1v) is 8.44. The molecule has 140 valence electrons. The number of esters is 1. The molecule has 0 aliphatic rings. The van der Waals surface area contributed by atoms with Crippen LogP contribution in [0, 0.1) is 13.8 Å². The summed E-state index contributed by atoms with van der Waals surface area (Å²) in [6, 6.07) is 10.5. The molecule has 2 aromatic carbocycles. The van der Waals surface area contributed by atoms with E-state index in [4.69, 9.17) is 13.9 Å². The van der Waals surface area contributed by atoms with Crippen molar-refractivity contribution in [1.82, 2.24) is 0 Å². The van der Waals surface area contributed by atoms with Gasteiger partial charge in [-0.3, -0.25) is 4.79 Å². The number of hydrogen-bond donors (Lipinski definition) is 0. The van der Waals surface area contributed by atoms with E-state index in [2.05, 4.69) is 4.74 Å². The lowest BCUT2D eigenvalue weighted by Crippen LogP contribution is -2.24. The van der Waals surface area contributed by atoms with Gasteiger partial charge in [0.2, 0.25) is 11.2 Å². The molecule has 0 aliphatic carbocycles. The lowest BCUT2D eigenvalue weighted by molar-refractivity contribution is -0.147. The average molecular weight is 368 g/mol. The minimum atomic E-state index is -0.772. The Labute approximate surface area is 156 Å². The SMILES string of the molecule is COC(=O)[C@@H](C)Oc1ccc2c(=O)c(Oc3cc(C)ccc3C)coc2c1. The number of ether oxygens (including phenoxy) is 3. The fourth-order valence-electron chi connectivity index (χ4n) is 2.59. The molecule has 0 saturated carbocycles. The summed E-state index contributed by atoms with van der Waals surface area (Å²) in [4.78, 5) is 24.2. The molecule has 1 aromatic heterocycles. The third-order valence-corrected chi connectivity index (χ3v) is 4.12. The molecule has 0 N–H and O–H groups in total. The van der Waals surface area contributed by atoms with Crippen LogP contribution >= 0.6 is 0 Å². The second-order valence-electron chi connectivity index (χ2n) is 6.24. The zero-order valence-corrected chi connectivity index (χ0v) is 15.6. The highest BCUT2D eigenvalue weighted by Gasteiger charge is 2.16. The number of hydrogen-bond acceptors (Lipinski definition) is 6. The van der Waals surface area contributed by atoms with Gasteiger partial charge in [-0.25, -0.2) is 4.79 Å². The molecule has 27 heavy (non-hydrogen) atoms. The Hall–Kier alpha value is -3.28. The highest BCUT2D eigenvalue weighted by Crippen LogP contribution is 2.27. The summed E-state index contributed by atoms with van der Waals surface area (Å²) in [5.74, 6) is 0.613. The third-order valence-electron chi connectivity index (χ3n) is 4.12. The molecule has 0 saturated heterocycles. The maximum atomic E-state index is 12.7. The van der Waals surface area contributed by atoms with E-state index < -0.39 is 12.1 Å². The molecule has 0 amide bonds. The van der Waals surface area contributed by atoms with Crippen molar-refractivity contribution >= 4 is 16.9 Å². The smallest absolute Gasteiger partial charge is 0.346 e. The average Bonchev–Trinajstić information content (AvgIpc) is 2.66. The van der Waals surface area contributed by atoms with Gasteiger partial charge in [-0.2, -0.15) is 0 Å². The minimum Gasteiger partial charge on any atom is -0.479 e. The van der Waals surface area contributed by atoms with Crippen LogP contribution in [-0.4, -0.2) is 19.2 Å². The van der Waals surface area contributed by atoms with Crippen LogP contribution in [0.25, 0.3) is 11.0 Å². The lowest BCUT2D eigenvalue weighted by Gasteiger charge is -2.13. The molecule has 0 spiro atoms. The van der Waals surface area contributed by atoms with Gasteiger partial charge in [-0.15, -0.1) is 0 Å². The van der Waals surface area contributed by atoms with E-state index in [1.54, 1.807) is 25.1 Å². The molecule has 0 aliphatic heterocycles. The maximum absolute atomic E-state index is 12.7. The van der Waals surface area contributed by atoms with Crippen LogP contribution in [-0.2, 0) is 9.53 Å². The maximum Gasteiger partial charge on any atom is 0.346 e. The Morgan fingerprint density at radius 1 is 1.07 bits per heavy atom. The second-order valence-corrected chi connectivity index (χ2v) is 6.24. The summed E-state index contributed by atoms with van der Waals surface area (Å²) in [6.45, 7) is 5.43. The number of methoxy groups -OCH3 is 1. The first-order valence-electron chi connectivity index (χ1n) is 8.44. The largest absolute Gasteiger partial charge is 0.479 e. The van der Waals surface area contributed by atoms with Crippen molar-refractivity contribution in [3.05, 3.63) is 64.0 Å². The summed E-state index contributed by atoms with van der Waals surface area (Å²) in [7, 11) is 1.29. The summed E-state index contributed by atoms with van der Waals surface area (Å²) in [5, 5.41) is 0.357. The van der Waals surface area contributed by atoms with E-state index in [-0.39, 0.29) is 11.2 Å². The Morgan fingerprint density at radius 3 is 2.59 bits per heavy atom. The van der Waals surface area contributed by atoms with Crippen molar-refractivity contribution in [1.29, 1.82) is 0 Å². The van der Waals surface area contributed by atoms with Gasteiger partial charge in [0.1, 0.15) is 23.3 Å². The van der Waals surface area contributed by atoms with Gasteiger partial charge in [0, 0.05) is 6.07 Å². The number of carbonyl (C=O) groups excluding carboxylic acids is 1. The van der Waals surface area contributed by atoms with Crippen molar-refractivity contribution in [3.63, 3.8) is 0 Å². The number of fused-ring (bicyclic) bond motifs is 1. The van der Waals surface area contributed by atoms with Crippen LogP contribution < -0.4 is 14.9 Å². The Balaban J connectivity index is 1.91. The Morgan fingerprint density at radius 2 is 1.85 bits per heavy atom. The van der Waals surface area contributed by atoms with E-state index in [0.717, 1.165) is 11.1 Å². The normalized spacial score (nSPS) is 11.9. The van der Waals surface area contributed by atoms with Crippen LogP contribution in [0.3, 0.4) is 0 Å². The zero-order valence-electron chi connectivity index (χ0n) is 15.6. The van der Waals surface area contributed by atoms with Gasteiger partial charge in [-0.05, 0) is 50.1 Å². The molecular formula is C21H20O6. The van der Waals surface area contributed by atoms with Gasteiger partial charge in [0.15, 0.2) is 6.10 Å². The van der Waals surface area contributed by atoms with Gasteiger partial charge in [-0.1, -0.05) is 12.1 Å². The standard InChI is InChI=1S/C21H20O6/c1-12-5-6-13(2)17(9-12)27-19-11-25-18-10-15(7-8-16(18)20(19)22)26-14(3)21(23)24-4/h5-11,14H,1-4H3/t14-/m1/s1. The number of aryl methyl sites for hydroxylation is 2. The van der Waals surface area contributed by atoms with Crippen LogP contribution in [0.1, 0.15) is 18.1 Å². The molecule has 1 heterocycles. The van der Waals surface area contributed by atoms with Gasteiger partial charge in [0.05, 0.1) is 12.5 Å². The number of benzene rings is 2. The first kappa shape index (κ1) is 18.5.